The third-order valence-electron chi connectivity index (χ3n) is 11.6. The summed E-state index contributed by atoms with van der Waals surface area (Å²) in [5.41, 5.74) is 12.7. The molecule has 0 aliphatic heterocycles. The van der Waals surface area contributed by atoms with Gasteiger partial charge in [-0.15, -0.1) is 0 Å². The molecular formula is C56H37N3. The number of anilines is 3. The van der Waals surface area contributed by atoms with Crippen molar-refractivity contribution in [3.8, 4) is 44.5 Å². The van der Waals surface area contributed by atoms with Gasteiger partial charge in [0.2, 0.25) is 0 Å². The van der Waals surface area contributed by atoms with Crippen LogP contribution in [-0.4, -0.2) is 9.97 Å². The average Bonchev–Trinajstić information content (AvgIpc) is 3.31. The molecule has 0 unspecified atom stereocenters. The molecule has 9 aromatic carbocycles. The van der Waals surface area contributed by atoms with Crippen LogP contribution in [-0.2, 0) is 0 Å². The molecule has 0 fully saturated rings. The molecule has 0 spiro atoms. The molecule has 3 nitrogen and oxygen atoms in total. The molecule has 0 saturated carbocycles. The summed E-state index contributed by atoms with van der Waals surface area (Å²) in [6.45, 7) is 0. The maximum Gasteiger partial charge on any atom is 0.0723 e. The second-order valence-corrected chi connectivity index (χ2v) is 15.0. The molecule has 11 aromatic rings. The summed E-state index contributed by atoms with van der Waals surface area (Å²) in [5.74, 6) is 0. The van der Waals surface area contributed by atoms with Gasteiger partial charge in [0.1, 0.15) is 0 Å². The van der Waals surface area contributed by atoms with Crippen LogP contribution in [0.3, 0.4) is 0 Å². The van der Waals surface area contributed by atoms with Crippen molar-refractivity contribution in [3.05, 3.63) is 225 Å². The first-order chi connectivity index (χ1) is 29.3. The molecule has 0 aliphatic carbocycles. The van der Waals surface area contributed by atoms with Gasteiger partial charge in [-0.05, 0) is 107 Å². The maximum absolute atomic E-state index is 4.67. The van der Waals surface area contributed by atoms with E-state index in [2.05, 4.69) is 209 Å². The van der Waals surface area contributed by atoms with Gasteiger partial charge in [0.05, 0.1) is 11.9 Å². The first-order valence-corrected chi connectivity index (χ1v) is 20.0. The zero-order valence-electron chi connectivity index (χ0n) is 32.2. The first-order valence-electron chi connectivity index (χ1n) is 20.0. The summed E-state index contributed by atoms with van der Waals surface area (Å²) in [6.07, 6.45) is 7.60. The smallest absolute Gasteiger partial charge is 0.0723 e. The molecule has 2 heterocycles. The SMILES string of the molecule is c1cncc(-c2ccc(N(c3ccc(-c4ccc(-c5c6ccccc6c(-c6cccc7ccccc67)c6ccccc56)cc4)cc3)c3cncc4ccccc34)cc2)c1. The molecular weight excluding hydrogens is 715 g/mol. The van der Waals surface area contributed by atoms with E-state index in [9.17, 15) is 0 Å². The van der Waals surface area contributed by atoms with Crippen LogP contribution >= 0.6 is 0 Å². The Hall–Kier alpha value is -7.88. The lowest BCUT2D eigenvalue weighted by molar-refractivity contribution is 1.25. The lowest BCUT2D eigenvalue weighted by Crippen LogP contribution is -2.10. The van der Waals surface area contributed by atoms with Crippen LogP contribution in [0.2, 0.25) is 0 Å². The van der Waals surface area contributed by atoms with Crippen LogP contribution < -0.4 is 4.90 Å². The predicted octanol–water partition coefficient (Wildman–Crippen LogP) is 15.2. The summed E-state index contributed by atoms with van der Waals surface area (Å²) < 4.78 is 0. The zero-order valence-corrected chi connectivity index (χ0v) is 32.2. The van der Waals surface area contributed by atoms with Gasteiger partial charge >= 0.3 is 0 Å². The Balaban J connectivity index is 0.982. The predicted molar refractivity (Wildman–Crippen MR) is 248 cm³/mol. The van der Waals surface area contributed by atoms with Gasteiger partial charge in [-0.1, -0.05) is 170 Å². The van der Waals surface area contributed by atoms with E-state index in [1.54, 1.807) is 6.20 Å². The number of hydrogen-bond donors (Lipinski definition) is 0. The minimum atomic E-state index is 1.03. The van der Waals surface area contributed by atoms with Crippen LogP contribution in [0.25, 0.3) is 87.6 Å². The molecule has 3 heteroatoms. The summed E-state index contributed by atoms with van der Waals surface area (Å²) in [6, 6.07) is 72.3. The number of hydrogen-bond acceptors (Lipinski definition) is 3. The van der Waals surface area contributed by atoms with E-state index in [4.69, 9.17) is 0 Å². The normalized spacial score (nSPS) is 11.4. The summed E-state index contributed by atoms with van der Waals surface area (Å²) in [4.78, 5) is 11.3. The molecule has 0 aliphatic rings. The Morgan fingerprint density at radius 1 is 0.288 bits per heavy atom. The topological polar surface area (TPSA) is 29.0 Å². The van der Waals surface area contributed by atoms with Crippen molar-refractivity contribution in [1.29, 1.82) is 0 Å². The van der Waals surface area contributed by atoms with Crippen molar-refractivity contribution < 1.29 is 0 Å². The Morgan fingerprint density at radius 2 is 0.780 bits per heavy atom. The van der Waals surface area contributed by atoms with Crippen LogP contribution in [0.5, 0.6) is 0 Å². The lowest BCUT2D eigenvalue weighted by atomic mass is 9.84. The standard InChI is InChI=1S/C56H37N3/c1-3-15-47-41(11-1)13-9-21-49(47)56-52-19-7-5-17-50(52)55(51-18-6-8-20-53(51)56)42-24-22-38(23-25-42)39-26-30-45(31-27-39)59(54-37-58-36-44-12-2-4-16-48(44)54)46-32-28-40(29-33-46)43-14-10-34-57-35-43/h1-37H. The van der Waals surface area contributed by atoms with E-state index < -0.39 is 0 Å². The monoisotopic (exact) mass is 751 g/mol. The molecule has 0 atom stereocenters. The minimum absolute atomic E-state index is 1.03. The average molecular weight is 752 g/mol. The molecule has 0 amide bonds. The fourth-order valence-electron chi connectivity index (χ4n) is 8.85. The van der Waals surface area contributed by atoms with Gasteiger partial charge in [-0.3, -0.25) is 9.97 Å². The number of fused-ring (bicyclic) bond motifs is 4. The number of aromatic nitrogens is 2. The van der Waals surface area contributed by atoms with Crippen molar-refractivity contribution >= 4 is 60.2 Å². The van der Waals surface area contributed by atoms with Gasteiger partial charge in [-0.2, -0.15) is 0 Å². The van der Waals surface area contributed by atoms with Crippen molar-refractivity contribution in [2.24, 2.45) is 0 Å². The highest BCUT2D eigenvalue weighted by Crippen LogP contribution is 2.46. The van der Waals surface area contributed by atoms with E-state index in [0.717, 1.165) is 44.5 Å². The highest BCUT2D eigenvalue weighted by Gasteiger charge is 2.19. The molecule has 59 heavy (non-hydrogen) atoms. The van der Waals surface area contributed by atoms with Crippen LogP contribution in [0.15, 0.2) is 225 Å². The largest absolute Gasteiger partial charge is 0.308 e. The van der Waals surface area contributed by atoms with Crippen molar-refractivity contribution in [1.82, 2.24) is 9.97 Å². The summed E-state index contributed by atoms with van der Waals surface area (Å²) in [5, 5.41) is 9.78. The number of rotatable bonds is 7. The van der Waals surface area contributed by atoms with Crippen molar-refractivity contribution in [2.75, 3.05) is 4.90 Å². The molecule has 11 rings (SSSR count). The van der Waals surface area contributed by atoms with Gasteiger partial charge in [0.25, 0.3) is 0 Å². The molecule has 0 bridgehead atoms. The Labute approximate surface area is 343 Å². The van der Waals surface area contributed by atoms with Crippen molar-refractivity contribution in [2.45, 2.75) is 0 Å². The van der Waals surface area contributed by atoms with Crippen LogP contribution in [0, 0.1) is 0 Å². The Bertz CT molecular complexity index is 3230. The number of benzene rings is 9. The first kappa shape index (κ1) is 34.4. The highest BCUT2D eigenvalue weighted by molar-refractivity contribution is 6.23. The maximum atomic E-state index is 4.67. The van der Waals surface area contributed by atoms with Gasteiger partial charge in [0, 0.05) is 40.7 Å². The summed E-state index contributed by atoms with van der Waals surface area (Å²) >= 11 is 0. The van der Waals surface area contributed by atoms with Crippen molar-refractivity contribution in [3.63, 3.8) is 0 Å². The quantitative estimate of drug-likeness (QED) is 0.152. The second kappa shape index (κ2) is 14.6. The van der Waals surface area contributed by atoms with Crippen LogP contribution in [0.1, 0.15) is 0 Å². The molecule has 0 saturated heterocycles. The molecule has 0 radical (unpaired) electrons. The van der Waals surface area contributed by atoms with Gasteiger partial charge in [-0.25, -0.2) is 0 Å². The Morgan fingerprint density at radius 3 is 1.39 bits per heavy atom. The van der Waals surface area contributed by atoms with E-state index in [0.29, 0.717) is 0 Å². The third-order valence-corrected chi connectivity index (χ3v) is 11.6. The zero-order chi connectivity index (χ0) is 39.1. The minimum Gasteiger partial charge on any atom is -0.308 e. The Kier molecular flexibility index (Phi) is 8.49. The van der Waals surface area contributed by atoms with E-state index in [-0.39, 0.29) is 0 Å². The van der Waals surface area contributed by atoms with E-state index in [1.165, 1.54) is 60.1 Å². The lowest BCUT2D eigenvalue weighted by Gasteiger charge is -2.27. The van der Waals surface area contributed by atoms with Crippen LogP contribution in [0.4, 0.5) is 17.1 Å². The summed E-state index contributed by atoms with van der Waals surface area (Å²) in [7, 11) is 0. The third kappa shape index (κ3) is 6.08. The fourth-order valence-corrected chi connectivity index (χ4v) is 8.85. The van der Waals surface area contributed by atoms with Gasteiger partial charge < -0.3 is 4.90 Å². The fraction of sp³-hybridized carbons (Fsp3) is 0. The van der Waals surface area contributed by atoms with E-state index in [1.807, 2.05) is 24.7 Å². The molecule has 276 valence electrons. The second-order valence-electron chi connectivity index (χ2n) is 15.0. The molecule has 2 aromatic heterocycles. The van der Waals surface area contributed by atoms with E-state index >= 15 is 0 Å². The van der Waals surface area contributed by atoms with Gasteiger partial charge in [0.15, 0.2) is 0 Å². The molecule has 0 N–H and O–H groups in total. The number of nitrogens with zero attached hydrogens (tertiary/aromatic N) is 3. The highest BCUT2D eigenvalue weighted by atomic mass is 15.1. The number of pyridine rings is 2.